The molecule has 3 aromatic rings. The van der Waals surface area contributed by atoms with Gasteiger partial charge >= 0.3 is 12.2 Å². The second kappa shape index (κ2) is 11.1. The number of carbonyl (C=O) groups is 1. The molecule has 1 fully saturated rings. The van der Waals surface area contributed by atoms with Crippen LogP contribution in [0, 0.1) is 0 Å². The largest absolute Gasteiger partial charge is 0.492 e. The molecule has 6 aliphatic rings. The maximum atomic E-state index is 13.0. The fraction of sp³-hybridized carbons (Fsp3) is 0.360. The van der Waals surface area contributed by atoms with Crippen LogP contribution in [0.1, 0.15) is 15.9 Å². The van der Waals surface area contributed by atoms with Crippen LogP contribution in [0.2, 0.25) is 0 Å². The maximum Gasteiger partial charge on any atom is 0.422 e. The minimum absolute atomic E-state index is 0.0132. The zero-order chi connectivity index (χ0) is 26.5. The summed E-state index contributed by atoms with van der Waals surface area (Å²) in [5, 5.41) is 5.94. The van der Waals surface area contributed by atoms with Gasteiger partial charge in [-0.15, -0.1) is 0 Å². The van der Waals surface area contributed by atoms with Gasteiger partial charge in [0.2, 0.25) is 11.9 Å². The van der Waals surface area contributed by atoms with E-state index in [-0.39, 0.29) is 17.8 Å². The Balaban J connectivity index is 1.41. The number of anilines is 3. The normalized spacial score (nSPS) is 16.7. The summed E-state index contributed by atoms with van der Waals surface area (Å²) in [6.07, 6.45) is -4.55. The number of benzene rings is 2. The van der Waals surface area contributed by atoms with Crippen molar-refractivity contribution in [3.63, 3.8) is 0 Å². The van der Waals surface area contributed by atoms with Crippen LogP contribution in [0.3, 0.4) is 0 Å². The Morgan fingerprint density at radius 1 is 0.895 bits per heavy atom. The molecule has 1 amide bonds. The lowest BCUT2D eigenvalue weighted by Gasteiger charge is -2.34. The predicted octanol–water partition coefficient (Wildman–Crippen LogP) is 3.32. The van der Waals surface area contributed by atoms with E-state index < -0.39 is 18.8 Å². The van der Waals surface area contributed by atoms with E-state index in [1.54, 1.807) is 24.3 Å². The number of nitrogens with zero attached hydrogens (tertiary/aromatic N) is 5. The molecular weight excluding hydrogens is 503 g/mol. The Kier molecular flexibility index (Phi) is 7.45. The van der Waals surface area contributed by atoms with E-state index in [0.29, 0.717) is 37.5 Å². The number of halogens is 3. The number of amides is 1. The third kappa shape index (κ3) is 6.79. The van der Waals surface area contributed by atoms with Gasteiger partial charge in [0.25, 0.3) is 5.91 Å². The molecule has 7 heterocycles. The number of hydrogen-bond acceptors (Lipinski definition) is 9. The third-order valence-electron chi connectivity index (χ3n) is 6.08. The Morgan fingerprint density at radius 2 is 1.61 bits per heavy atom. The third-order valence-corrected chi connectivity index (χ3v) is 6.08. The molecule has 0 aliphatic carbocycles. The summed E-state index contributed by atoms with van der Waals surface area (Å²) < 4.78 is 48.8. The number of carbonyl (C=O) groups excluding carboxylic acids is 1. The van der Waals surface area contributed by atoms with Crippen LogP contribution in [-0.2, 0) is 6.54 Å². The van der Waals surface area contributed by atoms with Crippen LogP contribution in [0.4, 0.5) is 30.8 Å². The average Bonchev–Trinajstić information content (AvgIpc) is 2.91. The number of alkyl halides is 3. The molecule has 1 aromatic heterocycles. The van der Waals surface area contributed by atoms with Crippen molar-refractivity contribution < 1.29 is 27.4 Å². The van der Waals surface area contributed by atoms with Gasteiger partial charge in [-0.2, -0.15) is 28.1 Å². The van der Waals surface area contributed by atoms with Gasteiger partial charge in [-0.1, -0.05) is 12.1 Å². The van der Waals surface area contributed by atoms with Crippen molar-refractivity contribution in [3.05, 3.63) is 59.7 Å². The molecule has 13 heteroatoms. The molecule has 0 unspecified atom stereocenters. The van der Waals surface area contributed by atoms with Crippen molar-refractivity contribution in [1.29, 1.82) is 0 Å². The van der Waals surface area contributed by atoms with Crippen LogP contribution in [0.15, 0.2) is 48.5 Å². The quantitative estimate of drug-likeness (QED) is 0.517. The van der Waals surface area contributed by atoms with E-state index in [1.165, 1.54) is 0 Å². The predicted molar refractivity (Wildman–Crippen MR) is 133 cm³/mol. The van der Waals surface area contributed by atoms with Gasteiger partial charge in [0.15, 0.2) is 6.61 Å². The van der Waals surface area contributed by atoms with Crippen molar-refractivity contribution >= 4 is 23.5 Å². The number of piperazine rings is 1. The summed E-state index contributed by atoms with van der Waals surface area (Å²) in [5.74, 6) is 0.680. The lowest BCUT2D eigenvalue weighted by molar-refractivity contribution is -0.154. The number of aromatic nitrogens is 3. The minimum atomic E-state index is -4.55. The van der Waals surface area contributed by atoms with Crippen molar-refractivity contribution in [2.45, 2.75) is 12.7 Å². The van der Waals surface area contributed by atoms with Crippen molar-refractivity contribution in [3.8, 4) is 11.8 Å². The maximum absolute atomic E-state index is 13.0. The number of rotatable bonds is 2. The Hall–Kier alpha value is -4.13. The number of fused-ring (bicyclic) bond motifs is 1. The van der Waals surface area contributed by atoms with Gasteiger partial charge in [-0.25, -0.2) is 0 Å². The lowest BCUT2D eigenvalue weighted by Crippen LogP contribution is -2.49. The highest BCUT2D eigenvalue weighted by molar-refractivity contribution is 5.94. The molecule has 0 saturated carbocycles. The monoisotopic (exact) mass is 529 g/mol. The molecule has 38 heavy (non-hydrogen) atoms. The Labute approximate surface area is 216 Å². The zero-order valence-corrected chi connectivity index (χ0v) is 20.4. The first kappa shape index (κ1) is 25.5. The first-order valence-electron chi connectivity index (χ1n) is 12.1. The molecule has 8 bridgehead atoms. The van der Waals surface area contributed by atoms with Crippen molar-refractivity contribution in [1.82, 2.24) is 24.8 Å². The molecule has 2 aromatic carbocycles. The summed E-state index contributed by atoms with van der Waals surface area (Å²) in [6, 6.07) is 13.7. The number of nitrogens with one attached hydrogen (secondary N) is 2. The average molecular weight is 530 g/mol. The molecule has 0 atom stereocenters. The van der Waals surface area contributed by atoms with Crippen LogP contribution < -0.4 is 20.1 Å². The minimum Gasteiger partial charge on any atom is -0.492 e. The van der Waals surface area contributed by atoms with Gasteiger partial charge in [-0.3, -0.25) is 9.69 Å². The second-order valence-corrected chi connectivity index (χ2v) is 8.85. The second-order valence-electron chi connectivity index (χ2n) is 8.85. The summed E-state index contributed by atoms with van der Waals surface area (Å²) in [7, 11) is 0. The molecule has 9 rings (SSSR count). The van der Waals surface area contributed by atoms with E-state index in [0.717, 1.165) is 30.9 Å². The topological polar surface area (TPSA) is 105 Å². The molecule has 10 nitrogen and oxygen atoms in total. The van der Waals surface area contributed by atoms with Gasteiger partial charge in [-0.05, 0) is 42.0 Å². The van der Waals surface area contributed by atoms with Gasteiger partial charge in [0.05, 0.1) is 0 Å². The summed E-state index contributed by atoms with van der Waals surface area (Å²) >= 11 is 0. The van der Waals surface area contributed by atoms with Crippen molar-refractivity contribution in [2.24, 2.45) is 0 Å². The highest BCUT2D eigenvalue weighted by Gasteiger charge is 2.29. The standard InChI is InChI=1S/C25H26F3N7O3/c26-25(27,28)16-38-24-32-22-29-15-17-1-7-20(8-2-17)37-14-13-34-9-11-35(12-10-34)21(36)18-3-5-19(6-4-18)30-23(31-22)33-24/h1-8H,9-16H2,(H2,29,30,31,32,33). The highest BCUT2D eigenvalue weighted by atomic mass is 19.4. The van der Waals surface area contributed by atoms with E-state index >= 15 is 0 Å². The molecule has 2 N–H and O–H groups in total. The smallest absolute Gasteiger partial charge is 0.422 e. The fourth-order valence-electron chi connectivity index (χ4n) is 4.06. The van der Waals surface area contributed by atoms with Gasteiger partial charge < -0.3 is 25.0 Å². The fourth-order valence-corrected chi connectivity index (χ4v) is 4.06. The van der Waals surface area contributed by atoms with Gasteiger partial charge in [0.1, 0.15) is 12.4 Å². The van der Waals surface area contributed by atoms with Crippen LogP contribution in [-0.4, -0.2) is 82.8 Å². The van der Waals surface area contributed by atoms with E-state index in [4.69, 9.17) is 9.47 Å². The summed E-state index contributed by atoms with van der Waals surface area (Å²) in [4.78, 5) is 29.3. The van der Waals surface area contributed by atoms with E-state index in [9.17, 15) is 18.0 Å². The Bertz CT molecular complexity index is 1250. The molecule has 0 radical (unpaired) electrons. The van der Waals surface area contributed by atoms with Gasteiger partial charge in [0, 0.05) is 50.5 Å². The first-order valence-corrected chi connectivity index (χ1v) is 12.1. The zero-order valence-electron chi connectivity index (χ0n) is 20.4. The SMILES string of the molecule is O=C1c2ccc(cc2)Nc2nc(nc(OCC(F)(F)F)n2)NCc2ccc(cc2)OCCN2CCN1CC2. The molecular formula is C25H26F3N7O3. The highest BCUT2D eigenvalue weighted by Crippen LogP contribution is 2.21. The van der Waals surface area contributed by atoms with E-state index in [2.05, 4.69) is 30.5 Å². The van der Waals surface area contributed by atoms with E-state index in [1.807, 2.05) is 29.2 Å². The molecule has 1 saturated heterocycles. The summed E-state index contributed by atoms with van der Waals surface area (Å²) in [6.45, 7) is 2.82. The summed E-state index contributed by atoms with van der Waals surface area (Å²) in [5.41, 5.74) is 1.97. The molecule has 6 aliphatic heterocycles. The lowest BCUT2D eigenvalue weighted by atomic mass is 10.1. The number of hydrogen-bond donors (Lipinski definition) is 2. The first-order chi connectivity index (χ1) is 18.3. The molecule has 200 valence electrons. The number of ether oxygens (including phenoxy) is 2. The Morgan fingerprint density at radius 3 is 2.32 bits per heavy atom. The van der Waals surface area contributed by atoms with Crippen LogP contribution in [0.25, 0.3) is 0 Å². The van der Waals surface area contributed by atoms with Crippen LogP contribution >= 0.6 is 0 Å². The molecule has 0 spiro atoms. The van der Waals surface area contributed by atoms with Crippen molar-refractivity contribution in [2.75, 3.05) is 56.6 Å². The van der Waals surface area contributed by atoms with Crippen LogP contribution in [0.5, 0.6) is 11.8 Å².